The van der Waals surface area contributed by atoms with Crippen molar-refractivity contribution in [1.29, 1.82) is 0 Å². The van der Waals surface area contributed by atoms with Gasteiger partial charge in [-0.25, -0.2) is 0 Å². The van der Waals surface area contributed by atoms with Crippen LogP contribution in [-0.4, -0.2) is 33.8 Å². The van der Waals surface area contributed by atoms with Gasteiger partial charge in [-0.1, -0.05) is 11.3 Å². The molecule has 0 unspecified atom stereocenters. The van der Waals surface area contributed by atoms with E-state index in [9.17, 15) is 14.9 Å². The molecule has 130 valence electrons. The fourth-order valence-corrected chi connectivity index (χ4v) is 2.95. The van der Waals surface area contributed by atoms with Gasteiger partial charge in [0.2, 0.25) is 17.2 Å². The van der Waals surface area contributed by atoms with Gasteiger partial charge in [0.25, 0.3) is 5.69 Å². The fourth-order valence-electron chi connectivity index (χ4n) is 2.19. The molecule has 0 radical (unpaired) electrons. The second-order valence-corrected chi connectivity index (χ2v) is 6.50. The molecule has 2 N–H and O–H groups in total. The first kappa shape index (κ1) is 17.2. The van der Waals surface area contributed by atoms with E-state index in [-0.39, 0.29) is 22.6 Å². The van der Waals surface area contributed by atoms with Crippen molar-refractivity contribution in [3.8, 4) is 5.75 Å². The lowest BCUT2D eigenvalue weighted by Gasteiger charge is -2.27. The Morgan fingerprint density at radius 2 is 2.40 bits per heavy atom. The van der Waals surface area contributed by atoms with Crippen LogP contribution < -0.4 is 10.1 Å². The zero-order valence-corrected chi connectivity index (χ0v) is 14.5. The van der Waals surface area contributed by atoms with Gasteiger partial charge in [-0.2, -0.15) is 0 Å². The average Bonchev–Trinajstić information content (AvgIpc) is 3.00. The number of non-ortho nitro benzene ring substituents is 1. The van der Waals surface area contributed by atoms with Crippen molar-refractivity contribution >= 4 is 40.2 Å². The highest BCUT2D eigenvalue weighted by Crippen LogP contribution is 2.33. The Morgan fingerprint density at radius 3 is 3.04 bits per heavy atom. The summed E-state index contributed by atoms with van der Waals surface area (Å²) in [6.45, 7) is 2.09. The minimum Gasteiger partial charge on any atom is -0.460 e. The minimum atomic E-state index is -0.925. The third-order valence-corrected chi connectivity index (χ3v) is 4.30. The number of Topliss-reactive ketones (excluding diaryl/α,β-unsaturated/α-hetero) is 1. The van der Waals surface area contributed by atoms with E-state index in [1.54, 1.807) is 6.92 Å². The number of aromatic nitrogens is 2. The average molecular weight is 380 g/mol. The highest BCUT2D eigenvalue weighted by Gasteiger charge is 2.33. The summed E-state index contributed by atoms with van der Waals surface area (Å²) in [5.41, 5.74) is 0.0898. The largest absolute Gasteiger partial charge is 0.460 e. The van der Waals surface area contributed by atoms with E-state index in [1.807, 2.05) is 0 Å². The number of hydrogen-bond donors (Lipinski definition) is 2. The van der Waals surface area contributed by atoms with Crippen molar-refractivity contribution in [2.24, 2.45) is 0 Å². The molecule has 0 bridgehead atoms. The number of carbonyl (C=O) groups excluding carboxylic acids is 1. The first-order valence-electron chi connectivity index (χ1n) is 7.13. The van der Waals surface area contributed by atoms with E-state index in [1.165, 1.54) is 35.7 Å². The number of nitrogens with one attached hydrogen (secondary N) is 2. The molecule has 1 aromatic heterocycles. The molecular formula is C14H12N4O5S2. The van der Waals surface area contributed by atoms with Crippen LogP contribution in [0, 0.1) is 14.1 Å². The SMILES string of the molecule is CCO[C@@H]1Oc2ccc([N+](=O)[O-])cc2C(=O)/C1=C/Nc1n[nH]c(=S)s1. The summed E-state index contributed by atoms with van der Waals surface area (Å²) in [5, 5.41) is 20.8. The van der Waals surface area contributed by atoms with Gasteiger partial charge >= 0.3 is 0 Å². The molecule has 0 fully saturated rings. The molecule has 25 heavy (non-hydrogen) atoms. The third-order valence-electron chi connectivity index (χ3n) is 3.28. The molecule has 9 nitrogen and oxygen atoms in total. The number of hydrogen-bond acceptors (Lipinski definition) is 9. The zero-order valence-electron chi connectivity index (χ0n) is 12.8. The third kappa shape index (κ3) is 3.57. The van der Waals surface area contributed by atoms with Gasteiger partial charge in [0, 0.05) is 24.9 Å². The predicted molar refractivity (Wildman–Crippen MR) is 92.5 cm³/mol. The minimum absolute atomic E-state index is 0.105. The zero-order chi connectivity index (χ0) is 18.0. The number of H-pyrrole nitrogens is 1. The van der Waals surface area contributed by atoms with Gasteiger partial charge in [-0.15, -0.1) is 5.10 Å². The number of ether oxygens (including phenoxy) is 2. The maximum Gasteiger partial charge on any atom is 0.270 e. The summed E-state index contributed by atoms with van der Waals surface area (Å²) in [7, 11) is 0. The molecule has 2 heterocycles. The van der Waals surface area contributed by atoms with E-state index in [4.69, 9.17) is 21.7 Å². The Morgan fingerprint density at radius 1 is 1.60 bits per heavy atom. The van der Waals surface area contributed by atoms with Crippen molar-refractivity contribution in [3.05, 3.63) is 49.6 Å². The summed E-state index contributed by atoms with van der Waals surface area (Å²) in [4.78, 5) is 23.1. The number of aromatic amines is 1. The molecule has 3 rings (SSSR count). The molecular weight excluding hydrogens is 368 g/mol. The monoisotopic (exact) mass is 380 g/mol. The van der Waals surface area contributed by atoms with Crippen LogP contribution in [0.5, 0.6) is 5.75 Å². The molecule has 0 aliphatic carbocycles. The van der Waals surface area contributed by atoms with E-state index in [0.717, 1.165) is 0 Å². The molecule has 0 saturated carbocycles. The quantitative estimate of drug-likeness (QED) is 0.351. The van der Waals surface area contributed by atoms with Crippen LogP contribution in [0.4, 0.5) is 10.8 Å². The number of rotatable bonds is 5. The van der Waals surface area contributed by atoms with Crippen molar-refractivity contribution in [1.82, 2.24) is 10.2 Å². The van der Waals surface area contributed by atoms with Crippen LogP contribution >= 0.6 is 23.6 Å². The summed E-state index contributed by atoms with van der Waals surface area (Å²) in [6.07, 6.45) is 0.483. The van der Waals surface area contributed by atoms with E-state index >= 15 is 0 Å². The first-order chi connectivity index (χ1) is 12.0. The number of ketones is 1. The first-order valence-corrected chi connectivity index (χ1v) is 8.35. The molecule has 1 aliphatic heterocycles. The topological polar surface area (TPSA) is 119 Å². The van der Waals surface area contributed by atoms with Crippen LogP contribution in [0.25, 0.3) is 0 Å². The number of carbonyl (C=O) groups is 1. The van der Waals surface area contributed by atoms with Gasteiger partial charge in [0.15, 0.2) is 3.95 Å². The Labute approximate surface area is 150 Å². The summed E-state index contributed by atoms with van der Waals surface area (Å²) in [6, 6.07) is 3.85. The Hall–Kier alpha value is -2.63. The number of benzene rings is 1. The van der Waals surface area contributed by atoms with Crippen LogP contribution in [0.1, 0.15) is 17.3 Å². The maximum atomic E-state index is 12.8. The molecule has 1 atom stereocenters. The Kier molecular flexibility index (Phi) is 4.88. The van der Waals surface area contributed by atoms with Crippen LogP contribution in [0.15, 0.2) is 30.0 Å². The van der Waals surface area contributed by atoms with Gasteiger partial charge in [-0.05, 0) is 25.2 Å². The maximum absolute atomic E-state index is 12.8. The summed E-state index contributed by atoms with van der Waals surface area (Å²) < 4.78 is 11.6. The van der Waals surface area contributed by atoms with Crippen molar-refractivity contribution in [2.75, 3.05) is 11.9 Å². The highest BCUT2D eigenvalue weighted by atomic mass is 32.1. The molecule has 2 aromatic rings. The number of nitro groups is 1. The van der Waals surface area contributed by atoms with Crippen LogP contribution in [-0.2, 0) is 4.74 Å². The number of fused-ring (bicyclic) bond motifs is 1. The van der Waals surface area contributed by atoms with Crippen LogP contribution in [0.3, 0.4) is 0 Å². The summed E-state index contributed by atoms with van der Waals surface area (Å²) in [5.74, 6) is -0.184. The molecule has 1 aliphatic rings. The van der Waals surface area contributed by atoms with Crippen molar-refractivity contribution < 1.29 is 19.2 Å². The van der Waals surface area contributed by atoms with Gasteiger partial charge < -0.3 is 14.8 Å². The lowest BCUT2D eigenvalue weighted by molar-refractivity contribution is -0.384. The Bertz CT molecular complexity index is 920. The predicted octanol–water partition coefficient (Wildman–Crippen LogP) is 3.04. The van der Waals surface area contributed by atoms with Crippen molar-refractivity contribution in [3.63, 3.8) is 0 Å². The lowest BCUT2D eigenvalue weighted by Crippen LogP contribution is -2.33. The standard InChI is InChI=1S/C14H12N4O5S2/c1-2-22-12-9(6-15-13-16-17-14(24)25-13)11(19)8-5-7(18(20)21)3-4-10(8)23-12/h3-6,12H,2H2,1H3,(H,15,16)(H,17,24)/b9-6-/t12-/m1/s1. The highest BCUT2D eigenvalue weighted by molar-refractivity contribution is 7.73. The van der Waals surface area contributed by atoms with Gasteiger partial charge in [0.05, 0.1) is 16.1 Å². The molecule has 0 spiro atoms. The molecule has 0 saturated heterocycles. The van der Waals surface area contributed by atoms with E-state index < -0.39 is 17.0 Å². The second-order valence-electron chi connectivity index (χ2n) is 4.83. The van der Waals surface area contributed by atoms with Crippen LogP contribution in [0.2, 0.25) is 0 Å². The molecule has 1 aromatic carbocycles. The summed E-state index contributed by atoms with van der Waals surface area (Å²) >= 11 is 6.14. The van der Waals surface area contributed by atoms with Gasteiger partial charge in [-0.3, -0.25) is 20.0 Å². The Balaban J connectivity index is 1.97. The smallest absolute Gasteiger partial charge is 0.270 e. The van der Waals surface area contributed by atoms with Crippen molar-refractivity contribution in [2.45, 2.75) is 13.2 Å². The second kappa shape index (κ2) is 7.09. The van der Waals surface area contributed by atoms with Gasteiger partial charge in [0.1, 0.15) is 5.75 Å². The normalized spacial score (nSPS) is 17.9. The number of nitro benzene ring substituents is 1. The molecule has 11 heteroatoms. The molecule has 0 amide bonds. The number of nitrogens with zero attached hydrogens (tertiary/aromatic N) is 2. The fraction of sp³-hybridized carbons (Fsp3) is 0.214. The van der Waals surface area contributed by atoms with E-state index in [2.05, 4.69) is 15.5 Å². The lowest BCUT2D eigenvalue weighted by atomic mass is 9.99. The number of anilines is 1. The van der Waals surface area contributed by atoms with E-state index in [0.29, 0.717) is 15.7 Å².